The number of carboxylic acids is 1. The van der Waals surface area contributed by atoms with Crippen molar-refractivity contribution >= 4 is 40.8 Å². The highest BCUT2D eigenvalue weighted by molar-refractivity contribution is 6.37. The van der Waals surface area contributed by atoms with Crippen molar-refractivity contribution in [1.29, 1.82) is 0 Å². The molecule has 1 aromatic carbocycles. The molecule has 2 atom stereocenters. The number of hydrogen-bond acceptors (Lipinski definition) is 3. The van der Waals surface area contributed by atoms with E-state index in [1.807, 2.05) is 0 Å². The molecule has 0 aliphatic carbocycles. The number of anilines is 1. The number of nitrogens with one attached hydrogen (secondary N) is 2. The highest BCUT2D eigenvalue weighted by Gasteiger charge is 2.26. The number of amides is 1. The Morgan fingerprint density at radius 1 is 1.38 bits per heavy atom. The van der Waals surface area contributed by atoms with Gasteiger partial charge in [-0.2, -0.15) is 0 Å². The second kappa shape index (κ2) is 6.64. The molecule has 7 heteroatoms. The van der Waals surface area contributed by atoms with Crippen molar-refractivity contribution in [3.63, 3.8) is 0 Å². The molecule has 5 nitrogen and oxygen atoms in total. The molecule has 1 fully saturated rings. The molecule has 114 valence electrons. The molecule has 0 bridgehead atoms. The summed E-state index contributed by atoms with van der Waals surface area (Å²) >= 11 is 11.8. The Kier molecular flexibility index (Phi) is 5.08. The maximum Gasteiger partial charge on any atom is 0.337 e. The van der Waals surface area contributed by atoms with E-state index in [0.29, 0.717) is 12.3 Å². The Hall–Kier alpha value is -1.30. The fraction of sp³-hybridized carbons (Fsp3) is 0.429. The Balaban J connectivity index is 2.22. The van der Waals surface area contributed by atoms with Gasteiger partial charge in [-0.1, -0.05) is 30.1 Å². The average Bonchev–Trinajstić information content (AvgIpc) is 2.41. The zero-order valence-corrected chi connectivity index (χ0v) is 13.0. The van der Waals surface area contributed by atoms with Gasteiger partial charge < -0.3 is 15.7 Å². The number of carbonyl (C=O) groups is 2. The molecule has 1 amide bonds. The maximum atomic E-state index is 12.3. The zero-order chi connectivity index (χ0) is 15.6. The van der Waals surface area contributed by atoms with Gasteiger partial charge in [0.05, 0.1) is 22.3 Å². The van der Waals surface area contributed by atoms with Crippen LogP contribution >= 0.6 is 23.2 Å². The largest absolute Gasteiger partial charge is 0.478 e. The molecule has 0 spiro atoms. The van der Waals surface area contributed by atoms with Gasteiger partial charge in [0.2, 0.25) is 5.91 Å². The van der Waals surface area contributed by atoms with E-state index in [4.69, 9.17) is 23.2 Å². The molecule has 2 unspecified atom stereocenters. The summed E-state index contributed by atoms with van der Waals surface area (Å²) in [7, 11) is 0. The minimum absolute atomic E-state index is 0.0820. The summed E-state index contributed by atoms with van der Waals surface area (Å²) in [6.45, 7) is 2.85. The fourth-order valence-electron chi connectivity index (χ4n) is 2.39. The lowest BCUT2D eigenvalue weighted by Gasteiger charge is -2.27. The van der Waals surface area contributed by atoms with Crippen molar-refractivity contribution in [3.8, 4) is 0 Å². The normalized spacial score (nSPS) is 21.9. The third-order valence-electron chi connectivity index (χ3n) is 3.52. The number of carbonyl (C=O) groups excluding carboxylic acids is 1. The van der Waals surface area contributed by atoms with E-state index in [9.17, 15) is 14.7 Å². The molecule has 0 radical (unpaired) electrons. The molecule has 21 heavy (non-hydrogen) atoms. The van der Waals surface area contributed by atoms with E-state index >= 15 is 0 Å². The van der Waals surface area contributed by atoms with Gasteiger partial charge in [-0.05, 0) is 37.4 Å². The van der Waals surface area contributed by atoms with Crippen molar-refractivity contribution in [2.45, 2.75) is 25.8 Å². The summed E-state index contributed by atoms with van der Waals surface area (Å²) in [5.41, 5.74) is -0.0386. The summed E-state index contributed by atoms with van der Waals surface area (Å²) in [6.07, 6.45) is 1.73. The third-order valence-corrected chi connectivity index (χ3v) is 4.03. The monoisotopic (exact) mass is 330 g/mol. The van der Waals surface area contributed by atoms with Crippen LogP contribution < -0.4 is 10.6 Å². The van der Waals surface area contributed by atoms with E-state index in [-0.39, 0.29) is 33.2 Å². The maximum absolute atomic E-state index is 12.3. The first-order valence-electron chi connectivity index (χ1n) is 6.65. The lowest BCUT2D eigenvalue weighted by Crippen LogP contribution is -2.45. The molecule has 3 N–H and O–H groups in total. The summed E-state index contributed by atoms with van der Waals surface area (Å²) in [5, 5.41) is 15.2. The Bertz CT molecular complexity index is 578. The first-order chi connectivity index (χ1) is 9.88. The van der Waals surface area contributed by atoms with Crippen LogP contribution in [0.5, 0.6) is 0 Å². The van der Waals surface area contributed by atoms with Crippen LogP contribution in [0.15, 0.2) is 12.1 Å². The van der Waals surface area contributed by atoms with Gasteiger partial charge >= 0.3 is 5.97 Å². The third kappa shape index (κ3) is 3.87. The van der Waals surface area contributed by atoms with Gasteiger partial charge in [-0.3, -0.25) is 4.79 Å². The minimum atomic E-state index is -1.19. The molecule has 0 saturated carbocycles. The quantitative estimate of drug-likeness (QED) is 0.796. The van der Waals surface area contributed by atoms with Crippen molar-refractivity contribution in [2.75, 3.05) is 11.9 Å². The van der Waals surface area contributed by atoms with Gasteiger partial charge in [0.15, 0.2) is 0 Å². The first kappa shape index (κ1) is 16.1. The van der Waals surface area contributed by atoms with Gasteiger partial charge in [-0.15, -0.1) is 0 Å². The van der Waals surface area contributed by atoms with E-state index < -0.39 is 5.97 Å². The van der Waals surface area contributed by atoms with Crippen LogP contribution in [0.2, 0.25) is 10.0 Å². The summed E-state index contributed by atoms with van der Waals surface area (Å²) in [5.74, 6) is -1.03. The number of carboxylic acid groups (broad SMARTS) is 1. The van der Waals surface area contributed by atoms with Gasteiger partial charge in [-0.25, -0.2) is 4.79 Å². The summed E-state index contributed by atoms with van der Waals surface area (Å²) < 4.78 is 0. The van der Waals surface area contributed by atoms with Crippen molar-refractivity contribution < 1.29 is 14.7 Å². The predicted molar refractivity (Wildman–Crippen MR) is 82.2 cm³/mol. The molecule has 1 aliphatic rings. The Morgan fingerprint density at radius 2 is 2.10 bits per heavy atom. The predicted octanol–water partition coefficient (Wildman–Crippen LogP) is 3.02. The smallest absolute Gasteiger partial charge is 0.337 e. The highest BCUT2D eigenvalue weighted by Crippen LogP contribution is 2.30. The van der Waals surface area contributed by atoms with Crippen LogP contribution in [0.3, 0.4) is 0 Å². The van der Waals surface area contributed by atoms with Crippen LogP contribution in [-0.2, 0) is 4.79 Å². The van der Waals surface area contributed by atoms with Gasteiger partial charge in [0.1, 0.15) is 0 Å². The average molecular weight is 331 g/mol. The standard InChI is InChI=1S/C14H16Cl2N2O3/c1-7-2-3-17-11(4-7)13(19)18-12-9(14(20)21)5-8(15)6-10(12)16/h5-7,11,17H,2-4H2,1H3,(H,18,19)(H,20,21). The second-order valence-corrected chi connectivity index (χ2v) is 6.08. The SMILES string of the molecule is CC1CCNC(C(=O)Nc2c(Cl)cc(Cl)cc2C(=O)O)C1. The van der Waals surface area contributed by atoms with Crippen LogP contribution in [0.4, 0.5) is 5.69 Å². The first-order valence-corrected chi connectivity index (χ1v) is 7.40. The lowest BCUT2D eigenvalue weighted by atomic mass is 9.94. The number of rotatable bonds is 3. The van der Waals surface area contributed by atoms with Crippen molar-refractivity contribution in [1.82, 2.24) is 5.32 Å². The molecule has 1 saturated heterocycles. The van der Waals surface area contributed by atoms with Crippen molar-refractivity contribution in [3.05, 3.63) is 27.7 Å². The van der Waals surface area contributed by atoms with Crippen molar-refractivity contribution in [2.24, 2.45) is 5.92 Å². The molecule has 0 aromatic heterocycles. The van der Waals surface area contributed by atoms with Crippen LogP contribution in [0.25, 0.3) is 0 Å². The van der Waals surface area contributed by atoms with E-state index in [1.54, 1.807) is 0 Å². The summed E-state index contributed by atoms with van der Waals surface area (Å²) in [4.78, 5) is 23.5. The summed E-state index contributed by atoms with van der Waals surface area (Å²) in [6, 6.07) is 2.33. The molecular formula is C14H16Cl2N2O3. The van der Waals surface area contributed by atoms with E-state index in [0.717, 1.165) is 13.0 Å². The molecule has 1 aliphatic heterocycles. The number of benzene rings is 1. The number of piperidine rings is 1. The molecule has 1 heterocycles. The van der Waals surface area contributed by atoms with E-state index in [2.05, 4.69) is 17.6 Å². The Labute approximate surface area is 132 Å². The topological polar surface area (TPSA) is 78.4 Å². The molecular weight excluding hydrogens is 315 g/mol. The van der Waals surface area contributed by atoms with Crippen LogP contribution in [0, 0.1) is 5.92 Å². The highest BCUT2D eigenvalue weighted by atomic mass is 35.5. The zero-order valence-electron chi connectivity index (χ0n) is 11.5. The van der Waals surface area contributed by atoms with E-state index in [1.165, 1.54) is 12.1 Å². The van der Waals surface area contributed by atoms with Crippen LogP contribution in [-0.4, -0.2) is 29.6 Å². The minimum Gasteiger partial charge on any atom is -0.478 e. The fourth-order valence-corrected chi connectivity index (χ4v) is 2.93. The lowest BCUT2D eigenvalue weighted by molar-refractivity contribution is -0.119. The number of aromatic carboxylic acids is 1. The second-order valence-electron chi connectivity index (χ2n) is 5.24. The number of halogens is 2. The van der Waals surface area contributed by atoms with Gasteiger partial charge in [0, 0.05) is 5.02 Å². The van der Waals surface area contributed by atoms with Gasteiger partial charge in [0.25, 0.3) is 0 Å². The number of hydrogen-bond donors (Lipinski definition) is 3. The molecule has 1 aromatic rings. The molecule has 2 rings (SSSR count). The van der Waals surface area contributed by atoms with Crippen LogP contribution in [0.1, 0.15) is 30.1 Å². The Morgan fingerprint density at radius 3 is 2.71 bits per heavy atom.